The van der Waals surface area contributed by atoms with Crippen LogP contribution in [0.2, 0.25) is 0 Å². The van der Waals surface area contributed by atoms with Crippen LogP contribution in [-0.2, 0) is 10.4 Å². The maximum absolute atomic E-state index is 12.8. The van der Waals surface area contributed by atoms with Crippen LogP contribution >= 0.6 is 0 Å². The third kappa shape index (κ3) is 4.05. The topological polar surface area (TPSA) is 92.9 Å². The van der Waals surface area contributed by atoms with E-state index < -0.39 is 5.60 Å². The first-order valence-electron chi connectivity index (χ1n) is 10.4. The van der Waals surface area contributed by atoms with E-state index in [9.17, 15) is 14.7 Å². The quantitative estimate of drug-likeness (QED) is 0.650. The average Bonchev–Trinajstić information content (AvgIpc) is 2.76. The molecule has 7 nitrogen and oxygen atoms in total. The Morgan fingerprint density at radius 2 is 1.97 bits per heavy atom. The van der Waals surface area contributed by atoms with Crippen LogP contribution in [0, 0.1) is 20.8 Å². The van der Waals surface area contributed by atoms with Gasteiger partial charge in [-0.05, 0) is 62.9 Å². The first kappa shape index (κ1) is 21.1. The highest BCUT2D eigenvalue weighted by Gasteiger charge is 2.35. The van der Waals surface area contributed by atoms with Crippen molar-refractivity contribution in [2.45, 2.75) is 39.2 Å². The van der Waals surface area contributed by atoms with E-state index in [0.29, 0.717) is 48.2 Å². The molecule has 1 amide bonds. The fourth-order valence-electron chi connectivity index (χ4n) is 4.09. The van der Waals surface area contributed by atoms with Crippen molar-refractivity contribution in [3.05, 3.63) is 69.3 Å². The summed E-state index contributed by atoms with van der Waals surface area (Å²) >= 11 is 0. The molecule has 162 valence electrons. The van der Waals surface area contributed by atoms with Gasteiger partial charge in [0.2, 0.25) is 0 Å². The van der Waals surface area contributed by atoms with Gasteiger partial charge in [-0.1, -0.05) is 6.07 Å². The largest absolute Gasteiger partial charge is 0.483 e. The van der Waals surface area contributed by atoms with Gasteiger partial charge in [-0.3, -0.25) is 9.78 Å². The second kappa shape index (κ2) is 8.15. The summed E-state index contributed by atoms with van der Waals surface area (Å²) in [5.74, 6) is 0.381. The number of pyridine rings is 1. The third-order valence-electron chi connectivity index (χ3n) is 6.15. The number of carbonyl (C=O) groups is 1. The molecule has 4 rings (SSSR count). The Labute approximate surface area is 180 Å². The van der Waals surface area contributed by atoms with E-state index in [0.717, 1.165) is 16.7 Å². The summed E-state index contributed by atoms with van der Waals surface area (Å²) in [6.07, 6.45) is 4.24. The van der Waals surface area contributed by atoms with Gasteiger partial charge in [0, 0.05) is 36.6 Å². The summed E-state index contributed by atoms with van der Waals surface area (Å²) in [6.45, 7) is 6.20. The lowest BCUT2D eigenvalue weighted by Crippen LogP contribution is -2.46. The molecule has 1 aliphatic rings. The molecule has 0 unspecified atom stereocenters. The first-order chi connectivity index (χ1) is 14.8. The van der Waals surface area contributed by atoms with Crippen LogP contribution in [0.5, 0.6) is 5.75 Å². The average molecular weight is 422 g/mol. The Balaban J connectivity index is 1.47. The molecule has 0 saturated carbocycles. The van der Waals surface area contributed by atoms with Gasteiger partial charge in [0.1, 0.15) is 11.3 Å². The number of hydrogen-bond donors (Lipinski definition) is 1. The number of piperidine rings is 1. The Morgan fingerprint density at radius 1 is 1.23 bits per heavy atom. The number of likely N-dealkylation sites (tertiary alicyclic amines) is 1. The number of hydrogen-bond acceptors (Lipinski definition) is 6. The van der Waals surface area contributed by atoms with Gasteiger partial charge in [0.25, 0.3) is 5.91 Å². The highest BCUT2D eigenvalue weighted by molar-refractivity contribution is 5.88. The molecule has 1 aliphatic heterocycles. The number of ether oxygens (including phenoxy) is 1. The number of amides is 1. The van der Waals surface area contributed by atoms with Crippen molar-refractivity contribution in [3.8, 4) is 5.75 Å². The van der Waals surface area contributed by atoms with Crippen molar-refractivity contribution in [2.24, 2.45) is 0 Å². The van der Waals surface area contributed by atoms with E-state index in [1.165, 1.54) is 0 Å². The zero-order valence-electron chi connectivity index (χ0n) is 18.0. The molecule has 0 atom stereocenters. The Bertz CT molecular complexity index is 1180. The molecule has 0 bridgehead atoms. The van der Waals surface area contributed by atoms with Crippen LogP contribution in [0.15, 0.2) is 45.9 Å². The minimum atomic E-state index is -0.967. The Kier molecular flexibility index (Phi) is 5.54. The van der Waals surface area contributed by atoms with Gasteiger partial charge in [-0.25, -0.2) is 4.79 Å². The SMILES string of the molecule is Cc1cc(OCC(=O)N2CCC(O)(c3cccnc3)CC2)c2c(C)c(C)c(=O)oc2c1. The molecule has 0 radical (unpaired) electrons. The molecule has 1 aromatic carbocycles. The van der Waals surface area contributed by atoms with Gasteiger partial charge in [-0.15, -0.1) is 0 Å². The molecule has 1 saturated heterocycles. The number of nitrogens with zero attached hydrogens (tertiary/aromatic N) is 2. The van der Waals surface area contributed by atoms with Crippen molar-refractivity contribution in [1.29, 1.82) is 0 Å². The van der Waals surface area contributed by atoms with E-state index in [1.54, 1.807) is 36.4 Å². The zero-order chi connectivity index (χ0) is 22.2. The molecule has 7 heteroatoms. The van der Waals surface area contributed by atoms with Gasteiger partial charge >= 0.3 is 5.63 Å². The summed E-state index contributed by atoms with van der Waals surface area (Å²) in [7, 11) is 0. The number of aromatic nitrogens is 1. The molecule has 1 fully saturated rings. The van der Waals surface area contributed by atoms with Gasteiger partial charge in [-0.2, -0.15) is 0 Å². The molecule has 0 aliphatic carbocycles. The van der Waals surface area contributed by atoms with Crippen LogP contribution in [0.3, 0.4) is 0 Å². The first-order valence-corrected chi connectivity index (χ1v) is 10.4. The predicted octanol–water partition coefficient (Wildman–Crippen LogP) is 3.00. The van der Waals surface area contributed by atoms with Crippen molar-refractivity contribution in [2.75, 3.05) is 19.7 Å². The maximum atomic E-state index is 12.8. The number of carbonyl (C=O) groups excluding carboxylic acids is 1. The van der Waals surface area contributed by atoms with Crippen LogP contribution in [-0.4, -0.2) is 40.6 Å². The Hall–Kier alpha value is -3.19. The molecule has 3 aromatic rings. The molecular formula is C24H26N2O5. The monoisotopic (exact) mass is 422 g/mol. The van der Waals surface area contributed by atoms with E-state index in [1.807, 2.05) is 26.0 Å². The second-order valence-electron chi connectivity index (χ2n) is 8.22. The van der Waals surface area contributed by atoms with E-state index in [4.69, 9.17) is 9.15 Å². The van der Waals surface area contributed by atoms with Crippen LogP contribution in [0.4, 0.5) is 0 Å². The predicted molar refractivity (Wildman–Crippen MR) is 116 cm³/mol. The Morgan fingerprint density at radius 3 is 2.65 bits per heavy atom. The summed E-state index contributed by atoms with van der Waals surface area (Å²) in [5, 5.41) is 11.6. The molecule has 3 heterocycles. The molecule has 31 heavy (non-hydrogen) atoms. The summed E-state index contributed by atoms with van der Waals surface area (Å²) in [5.41, 5.74) is 2.08. The van der Waals surface area contributed by atoms with E-state index in [-0.39, 0.29) is 18.1 Å². The normalized spacial score (nSPS) is 15.8. The molecule has 2 aromatic heterocycles. The highest BCUT2D eigenvalue weighted by Crippen LogP contribution is 2.33. The van der Waals surface area contributed by atoms with Crippen molar-refractivity contribution in [1.82, 2.24) is 9.88 Å². The number of benzene rings is 1. The zero-order valence-corrected chi connectivity index (χ0v) is 18.0. The van der Waals surface area contributed by atoms with Gasteiger partial charge in [0.15, 0.2) is 6.61 Å². The minimum absolute atomic E-state index is 0.124. The molecular weight excluding hydrogens is 396 g/mol. The summed E-state index contributed by atoms with van der Waals surface area (Å²) in [6, 6.07) is 7.30. The van der Waals surface area contributed by atoms with Gasteiger partial charge in [0.05, 0.1) is 11.0 Å². The van der Waals surface area contributed by atoms with Gasteiger partial charge < -0.3 is 19.2 Å². The summed E-state index contributed by atoms with van der Waals surface area (Å²) < 4.78 is 11.3. The van der Waals surface area contributed by atoms with Crippen LogP contribution in [0.25, 0.3) is 11.0 Å². The number of fused-ring (bicyclic) bond motifs is 1. The summed E-state index contributed by atoms with van der Waals surface area (Å²) in [4.78, 5) is 30.6. The minimum Gasteiger partial charge on any atom is -0.483 e. The third-order valence-corrected chi connectivity index (χ3v) is 6.15. The highest BCUT2D eigenvalue weighted by atomic mass is 16.5. The van der Waals surface area contributed by atoms with Crippen LogP contribution in [0.1, 0.15) is 35.1 Å². The standard InChI is InChI=1S/C24H26N2O5/c1-15-11-19(22-16(2)17(3)23(28)31-20(22)12-15)30-14-21(27)26-9-6-24(29,7-10-26)18-5-4-8-25-13-18/h4-5,8,11-13,29H,6-7,9-10,14H2,1-3H3. The van der Waals surface area contributed by atoms with E-state index in [2.05, 4.69) is 4.98 Å². The van der Waals surface area contributed by atoms with Crippen LogP contribution < -0.4 is 10.4 Å². The number of aryl methyl sites for hydroxylation is 2. The lowest BCUT2D eigenvalue weighted by molar-refractivity contribution is -0.137. The lowest BCUT2D eigenvalue weighted by atomic mass is 9.85. The van der Waals surface area contributed by atoms with Crippen molar-refractivity contribution >= 4 is 16.9 Å². The molecule has 1 N–H and O–H groups in total. The molecule has 0 spiro atoms. The maximum Gasteiger partial charge on any atom is 0.339 e. The number of aliphatic hydroxyl groups is 1. The van der Waals surface area contributed by atoms with Crippen molar-refractivity contribution in [3.63, 3.8) is 0 Å². The second-order valence-corrected chi connectivity index (χ2v) is 8.22. The van der Waals surface area contributed by atoms with Crippen molar-refractivity contribution < 1.29 is 19.1 Å². The van der Waals surface area contributed by atoms with E-state index >= 15 is 0 Å². The fourth-order valence-corrected chi connectivity index (χ4v) is 4.09. The lowest BCUT2D eigenvalue weighted by Gasteiger charge is -2.38. The smallest absolute Gasteiger partial charge is 0.339 e. The number of rotatable bonds is 4. The fraction of sp³-hybridized carbons (Fsp3) is 0.375.